The first-order chi connectivity index (χ1) is 9.21. The summed E-state index contributed by atoms with van der Waals surface area (Å²) in [5.41, 5.74) is 6.00. The Labute approximate surface area is 114 Å². The minimum atomic E-state index is 0.331. The average Bonchev–Trinajstić information content (AvgIpc) is 3.01. The Morgan fingerprint density at radius 3 is 2.68 bits per heavy atom. The Morgan fingerprint density at radius 1 is 1.42 bits per heavy atom. The summed E-state index contributed by atoms with van der Waals surface area (Å²) < 4.78 is 2.01. The zero-order chi connectivity index (χ0) is 13.3. The number of hydrogen-bond acceptors (Lipinski definition) is 4. The van der Waals surface area contributed by atoms with Gasteiger partial charge in [-0.05, 0) is 37.2 Å². The van der Waals surface area contributed by atoms with E-state index in [9.17, 15) is 0 Å². The van der Waals surface area contributed by atoms with Crippen molar-refractivity contribution in [3.63, 3.8) is 0 Å². The molecular formula is C14H21N5. The van der Waals surface area contributed by atoms with Gasteiger partial charge in [-0.3, -0.25) is 4.68 Å². The monoisotopic (exact) mass is 259 g/mol. The summed E-state index contributed by atoms with van der Waals surface area (Å²) >= 11 is 0. The van der Waals surface area contributed by atoms with Gasteiger partial charge in [-0.1, -0.05) is 0 Å². The lowest BCUT2D eigenvalue weighted by molar-refractivity contribution is 0.151. The van der Waals surface area contributed by atoms with Crippen LogP contribution in [0.25, 0.3) is 0 Å². The van der Waals surface area contributed by atoms with E-state index in [0.717, 1.165) is 38.9 Å². The summed E-state index contributed by atoms with van der Waals surface area (Å²) in [6.07, 6.45) is 7.43. The molecule has 0 spiro atoms. The minimum Gasteiger partial charge on any atom is -0.382 e. The molecule has 1 aromatic rings. The predicted octanol–water partition coefficient (Wildman–Crippen LogP) is 1.80. The number of nitrogen functional groups attached to an aromatic ring is 1. The largest absolute Gasteiger partial charge is 0.382 e. The highest BCUT2D eigenvalue weighted by Gasteiger charge is 2.44. The zero-order valence-corrected chi connectivity index (χ0v) is 11.3. The molecule has 1 aliphatic carbocycles. The van der Waals surface area contributed by atoms with Crippen LogP contribution < -0.4 is 5.73 Å². The molecule has 3 rings (SSSR count). The molecule has 2 fully saturated rings. The van der Waals surface area contributed by atoms with E-state index in [2.05, 4.69) is 16.1 Å². The summed E-state index contributed by atoms with van der Waals surface area (Å²) in [7, 11) is 0. The summed E-state index contributed by atoms with van der Waals surface area (Å²) in [4.78, 5) is 2.52. The maximum Gasteiger partial charge on any atom is 0.145 e. The summed E-state index contributed by atoms with van der Waals surface area (Å²) in [6.45, 7) is 3.32. The Kier molecular flexibility index (Phi) is 3.19. The fourth-order valence-electron chi connectivity index (χ4n) is 3.11. The molecule has 102 valence electrons. The van der Waals surface area contributed by atoms with E-state index >= 15 is 0 Å². The van der Waals surface area contributed by atoms with Crippen LogP contribution in [-0.4, -0.2) is 34.3 Å². The van der Waals surface area contributed by atoms with Gasteiger partial charge in [-0.25, -0.2) is 0 Å². The number of anilines is 1. The van der Waals surface area contributed by atoms with Gasteiger partial charge in [0.1, 0.15) is 5.82 Å². The van der Waals surface area contributed by atoms with Gasteiger partial charge in [0, 0.05) is 32.3 Å². The van der Waals surface area contributed by atoms with Crippen molar-refractivity contribution in [3.8, 4) is 6.07 Å². The highest BCUT2D eigenvalue weighted by atomic mass is 15.3. The molecule has 2 heterocycles. The van der Waals surface area contributed by atoms with Gasteiger partial charge >= 0.3 is 0 Å². The number of piperidine rings is 1. The highest BCUT2D eigenvalue weighted by Crippen LogP contribution is 2.49. The van der Waals surface area contributed by atoms with Crippen molar-refractivity contribution in [3.05, 3.63) is 12.3 Å². The molecule has 19 heavy (non-hydrogen) atoms. The SMILES string of the molecule is N#CCC1(CN2CCC(n3ccc(N)n3)CC2)CC1. The Balaban J connectivity index is 1.51. The number of aromatic nitrogens is 2. The Hall–Kier alpha value is -1.54. The second-order valence-corrected chi connectivity index (χ2v) is 6.06. The van der Waals surface area contributed by atoms with Crippen molar-refractivity contribution in [2.24, 2.45) is 5.41 Å². The first kappa shape index (κ1) is 12.5. The molecule has 0 radical (unpaired) electrons. The van der Waals surface area contributed by atoms with Crippen LogP contribution in [0.4, 0.5) is 5.82 Å². The smallest absolute Gasteiger partial charge is 0.145 e. The zero-order valence-electron chi connectivity index (χ0n) is 11.3. The van der Waals surface area contributed by atoms with Crippen LogP contribution in [0.15, 0.2) is 12.3 Å². The fourth-order valence-corrected chi connectivity index (χ4v) is 3.11. The maximum atomic E-state index is 8.87. The van der Waals surface area contributed by atoms with E-state index in [4.69, 9.17) is 11.0 Å². The van der Waals surface area contributed by atoms with Gasteiger partial charge in [0.2, 0.25) is 0 Å². The van der Waals surface area contributed by atoms with E-state index in [-0.39, 0.29) is 0 Å². The Bertz CT molecular complexity index is 474. The summed E-state index contributed by atoms with van der Waals surface area (Å²) in [6, 6.07) is 4.69. The third-order valence-electron chi connectivity index (χ3n) is 4.53. The third kappa shape index (κ3) is 2.74. The molecule has 0 bridgehead atoms. The topological polar surface area (TPSA) is 70.9 Å². The van der Waals surface area contributed by atoms with Crippen LogP contribution in [-0.2, 0) is 0 Å². The van der Waals surface area contributed by atoms with Gasteiger partial charge in [0.15, 0.2) is 0 Å². The lowest BCUT2D eigenvalue weighted by atomic mass is 9.99. The molecule has 5 heteroatoms. The molecule has 0 unspecified atom stereocenters. The fraction of sp³-hybridized carbons (Fsp3) is 0.714. The third-order valence-corrected chi connectivity index (χ3v) is 4.53. The van der Waals surface area contributed by atoms with Gasteiger partial charge in [0.25, 0.3) is 0 Å². The van der Waals surface area contributed by atoms with Crippen LogP contribution in [0.3, 0.4) is 0 Å². The number of hydrogen-bond donors (Lipinski definition) is 1. The van der Waals surface area contributed by atoms with Crippen LogP contribution in [0.5, 0.6) is 0 Å². The average molecular weight is 259 g/mol. The quantitative estimate of drug-likeness (QED) is 0.895. The summed E-state index contributed by atoms with van der Waals surface area (Å²) in [5, 5.41) is 13.2. The molecule has 0 aromatic carbocycles. The van der Waals surface area contributed by atoms with E-state index in [1.54, 1.807) is 0 Å². The van der Waals surface area contributed by atoms with E-state index in [1.807, 2.05) is 16.9 Å². The Morgan fingerprint density at radius 2 is 2.16 bits per heavy atom. The lowest BCUT2D eigenvalue weighted by Crippen LogP contribution is -2.38. The standard InChI is InChI=1S/C14H21N5/c15-7-6-14(4-5-14)11-18-8-1-12(2-9-18)19-10-3-13(16)17-19/h3,10,12H,1-2,4-6,8-9,11H2,(H2,16,17). The van der Waals surface area contributed by atoms with Gasteiger partial charge < -0.3 is 10.6 Å². The number of likely N-dealkylation sites (tertiary alicyclic amines) is 1. The molecule has 1 aromatic heterocycles. The van der Waals surface area contributed by atoms with Crippen molar-refractivity contribution in [1.29, 1.82) is 5.26 Å². The molecule has 1 saturated carbocycles. The molecule has 2 N–H and O–H groups in total. The van der Waals surface area contributed by atoms with Crippen molar-refractivity contribution in [2.45, 2.75) is 38.1 Å². The summed E-state index contributed by atoms with van der Waals surface area (Å²) in [5.74, 6) is 0.605. The van der Waals surface area contributed by atoms with Crippen molar-refractivity contribution >= 4 is 5.82 Å². The van der Waals surface area contributed by atoms with Crippen molar-refractivity contribution in [1.82, 2.24) is 14.7 Å². The molecule has 0 amide bonds. The highest BCUT2D eigenvalue weighted by molar-refractivity contribution is 5.24. The van der Waals surface area contributed by atoms with Gasteiger partial charge in [0.05, 0.1) is 12.1 Å². The number of nitriles is 1. The number of rotatable bonds is 4. The van der Waals surface area contributed by atoms with Crippen molar-refractivity contribution in [2.75, 3.05) is 25.4 Å². The van der Waals surface area contributed by atoms with Crippen molar-refractivity contribution < 1.29 is 0 Å². The van der Waals surface area contributed by atoms with Crippen LogP contribution >= 0.6 is 0 Å². The first-order valence-electron chi connectivity index (χ1n) is 7.11. The normalized spacial score (nSPS) is 23.1. The lowest BCUT2D eigenvalue weighted by Gasteiger charge is -2.34. The molecule has 0 atom stereocenters. The van der Waals surface area contributed by atoms with Crippen LogP contribution in [0.2, 0.25) is 0 Å². The van der Waals surface area contributed by atoms with Gasteiger partial charge in [-0.15, -0.1) is 0 Å². The maximum absolute atomic E-state index is 8.87. The molecule has 1 aliphatic heterocycles. The predicted molar refractivity (Wildman–Crippen MR) is 73.2 cm³/mol. The van der Waals surface area contributed by atoms with Crippen LogP contribution in [0, 0.1) is 16.7 Å². The molecule has 5 nitrogen and oxygen atoms in total. The number of nitrogens with zero attached hydrogens (tertiary/aromatic N) is 4. The van der Waals surface area contributed by atoms with E-state index in [1.165, 1.54) is 12.8 Å². The number of nitrogens with two attached hydrogens (primary N) is 1. The molecule has 2 aliphatic rings. The van der Waals surface area contributed by atoms with Crippen LogP contribution in [0.1, 0.15) is 38.1 Å². The molecular weight excluding hydrogens is 238 g/mol. The minimum absolute atomic E-state index is 0.331. The second-order valence-electron chi connectivity index (χ2n) is 6.06. The van der Waals surface area contributed by atoms with E-state index < -0.39 is 0 Å². The second kappa shape index (κ2) is 4.86. The van der Waals surface area contributed by atoms with Gasteiger partial charge in [-0.2, -0.15) is 10.4 Å². The van der Waals surface area contributed by atoms with E-state index in [0.29, 0.717) is 17.3 Å². The first-order valence-corrected chi connectivity index (χ1v) is 7.11. The molecule has 1 saturated heterocycles.